The Bertz CT molecular complexity index is 1130. The molecule has 0 bridgehead atoms. The van der Waals surface area contributed by atoms with E-state index >= 15 is 0 Å². The summed E-state index contributed by atoms with van der Waals surface area (Å²) < 4.78 is 11.2. The number of hydrogen-bond donors (Lipinski definition) is 2. The number of methoxy groups -OCH3 is 2. The van der Waals surface area contributed by atoms with Crippen LogP contribution in [0.3, 0.4) is 0 Å². The average Bonchev–Trinajstić information content (AvgIpc) is 2.69. The van der Waals surface area contributed by atoms with Gasteiger partial charge in [-0.3, -0.25) is 9.59 Å². The highest BCUT2D eigenvalue weighted by atomic mass is 16.5. The summed E-state index contributed by atoms with van der Waals surface area (Å²) in [5.74, 6) is 0.170. The molecule has 8 heteroatoms. The van der Waals surface area contributed by atoms with E-state index in [4.69, 9.17) is 9.47 Å². The van der Waals surface area contributed by atoms with Crippen molar-refractivity contribution in [2.24, 2.45) is 0 Å². The van der Waals surface area contributed by atoms with Gasteiger partial charge in [0.25, 0.3) is 11.5 Å². The summed E-state index contributed by atoms with van der Waals surface area (Å²) in [5, 5.41) is 2.65. The maximum atomic E-state index is 12.8. The molecule has 0 saturated carbocycles. The van der Waals surface area contributed by atoms with E-state index in [1.807, 2.05) is 19.1 Å². The number of hydrogen-bond acceptors (Lipinski definition) is 5. The summed E-state index contributed by atoms with van der Waals surface area (Å²) >= 11 is 0. The highest BCUT2D eigenvalue weighted by Crippen LogP contribution is 2.28. The molecule has 0 aliphatic carbocycles. The molecular formula is C20H19N3O5. The third-order valence-corrected chi connectivity index (χ3v) is 4.16. The first-order chi connectivity index (χ1) is 13.4. The second-order valence-electron chi connectivity index (χ2n) is 6.01. The van der Waals surface area contributed by atoms with Gasteiger partial charge in [0.2, 0.25) is 0 Å². The van der Waals surface area contributed by atoms with Crippen LogP contribution in [0.25, 0.3) is 5.69 Å². The van der Waals surface area contributed by atoms with Gasteiger partial charge in [0, 0.05) is 18.0 Å². The molecule has 0 unspecified atom stereocenters. The van der Waals surface area contributed by atoms with E-state index in [0.717, 1.165) is 16.3 Å². The lowest BCUT2D eigenvalue weighted by atomic mass is 10.2. The summed E-state index contributed by atoms with van der Waals surface area (Å²) in [6, 6.07) is 11.7. The van der Waals surface area contributed by atoms with Crippen molar-refractivity contribution in [3.8, 4) is 17.2 Å². The molecule has 0 fully saturated rings. The van der Waals surface area contributed by atoms with Crippen LogP contribution in [-0.2, 0) is 0 Å². The number of H-pyrrole nitrogens is 1. The molecule has 0 atom stereocenters. The number of rotatable bonds is 5. The molecule has 28 heavy (non-hydrogen) atoms. The van der Waals surface area contributed by atoms with Crippen LogP contribution < -0.4 is 26.0 Å². The van der Waals surface area contributed by atoms with Crippen LogP contribution in [0.15, 0.2) is 58.3 Å². The quantitative estimate of drug-likeness (QED) is 0.705. The third kappa shape index (κ3) is 3.66. The predicted octanol–water partition coefficient (Wildman–Crippen LogP) is 2.10. The van der Waals surface area contributed by atoms with Gasteiger partial charge in [0.15, 0.2) is 11.5 Å². The smallest absolute Gasteiger partial charge is 0.333 e. The molecule has 0 saturated heterocycles. The van der Waals surface area contributed by atoms with Crippen molar-refractivity contribution >= 4 is 11.6 Å². The number of amides is 1. The standard InChI is InChI=1S/C20H19N3O5/c1-12-4-6-13(7-5-12)22-18(24)15-11-21-20(26)23(19(15)25)14-8-9-16(27-2)17(10-14)28-3/h4-11H,1-3H3,(H,21,26)(H,22,24). The van der Waals surface area contributed by atoms with Crippen LogP contribution in [0, 0.1) is 6.92 Å². The lowest BCUT2D eigenvalue weighted by Crippen LogP contribution is -2.38. The fourth-order valence-electron chi connectivity index (χ4n) is 2.67. The minimum Gasteiger partial charge on any atom is -0.493 e. The molecule has 3 rings (SSSR count). The van der Waals surface area contributed by atoms with E-state index in [1.165, 1.54) is 26.4 Å². The van der Waals surface area contributed by atoms with Crippen molar-refractivity contribution in [1.29, 1.82) is 0 Å². The van der Waals surface area contributed by atoms with E-state index in [-0.39, 0.29) is 11.3 Å². The predicted molar refractivity (Wildman–Crippen MR) is 105 cm³/mol. The fourth-order valence-corrected chi connectivity index (χ4v) is 2.67. The first-order valence-electron chi connectivity index (χ1n) is 8.39. The average molecular weight is 381 g/mol. The number of anilines is 1. The van der Waals surface area contributed by atoms with Crippen LogP contribution in [0.2, 0.25) is 0 Å². The molecule has 1 aromatic heterocycles. The SMILES string of the molecule is COc1ccc(-n2c(=O)[nH]cc(C(=O)Nc3ccc(C)cc3)c2=O)cc1OC. The van der Waals surface area contributed by atoms with Gasteiger partial charge < -0.3 is 19.8 Å². The topological polar surface area (TPSA) is 102 Å². The zero-order valence-corrected chi connectivity index (χ0v) is 15.6. The lowest BCUT2D eigenvalue weighted by Gasteiger charge is -2.11. The molecule has 2 N–H and O–H groups in total. The van der Waals surface area contributed by atoms with Crippen LogP contribution >= 0.6 is 0 Å². The summed E-state index contributed by atoms with van der Waals surface area (Å²) in [4.78, 5) is 40.1. The van der Waals surface area contributed by atoms with Gasteiger partial charge in [0.1, 0.15) is 5.56 Å². The van der Waals surface area contributed by atoms with Gasteiger partial charge in [0.05, 0.1) is 19.9 Å². The van der Waals surface area contributed by atoms with Gasteiger partial charge in [-0.25, -0.2) is 9.36 Å². The highest BCUT2D eigenvalue weighted by molar-refractivity contribution is 6.03. The van der Waals surface area contributed by atoms with Gasteiger partial charge in [-0.05, 0) is 31.2 Å². The monoisotopic (exact) mass is 381 g/mol. The normalized spacial score (nSPS) is 10.4. The van der Waals surface area contributed by atoms with Crippen LogP contribution in [-0.4, -0.2) is 29.7 Å². The number of aromatic amines is 1. The van der Waals surface area contributed by atoms with Gasteiger partial charge >= 0.3 is 5.69 Å². The number of carbonyl (C=O) groups excluding carboxylic acids is 1. The number of nitrogens with zero attached hydrogens (tertiary/aromatic N) is 1. The van der Waals surface area contributed by atoms with Crippen molar-refractivity contribution < 1.29 is 14.3 Å². The lowest BCUT2D eigenvalue weighted by molar-refractivity contribution is 0.102. The first-order valence-corrected chi connectivity index (χ1v) is 8.39. The van der Waals surface area contributed by atoms with Crippen LogP contribution in [0.5, 0.6) is 11.5 Å². The minimum atomic E-state index is -0.749. The van der Waals surface area contributed by atoms with Crippen molar-refractivity contribution in [3.63, 3.8) is 0 Å². The Hall–Kier alpha value is -3.81. The molecule has 0 spiro atoms. The van der Waals surface area contributed by atoms with Crippen molar-refractivity contribution in [2.75, 3.05) is 19.5 Å². The summed E-state index contributed by atoms with van der Waals surface area (Å²) in [7, 11) is 2.92. The van der Waals surface area contributed by atoms with Gasteiger partial charge in [-0.1, -0.05) is 17.7 Å². The summed E-state index contributed by atoms with van der Waals surface area (Å²) in [6.07, 6.45) is 1.10. The zero-order chi connectivity index (χ0) is 20.3. The Morgan fingerprint density at radius 3 is 2.32 bits per heavy atom. The summed E-state index contributed by atoms with van der Waals surface area (Å²) in [5.41, 5.74) is 0.199. The molecule has 8 nitrogen and oxygen atoms in total. The molecule has 0 radical (unpaired) electrons. The van der Waals surface area contributed by atoms with Gasteiger partial charge in [-0.15, -0.1) is 0 Å². The molecular weight excluding hydrogens is 362 g/mol. The van der Waals surface area contributed by atoms with E-state index in [9.17, 15) is 14.4 Å². The maximum Gasteiger partial charge on any atom is 0.333 e. The fraction of sp³-hybridized carbons (Fsp3) is 0.150. The van der Waals surface area contributed by atoms with E-state index in [1.54, 1.807) is 18.2 Å². The molecule has 144 valence electrons. The largest absolute Gasteiger partial charge is 0.493 e. The second kappa shape index (κ2) is 7.83. The Morgan fingerprint density at radius 2 is 1.68 bits per heavy atom. The Kier molecular flexibility index (Phi) is 5.30. The second-order valence-corrected chi connectivity index (χ2v) is 6.01. The van der Waals surface area contributed by atoms with Crippen LogP contribution in [0.4, 0.5) is 5.69 Å². The molecule has 1 amide bonds. The highest BCUT2D eigenvalue weighted by Gasteiger charge is 2.17. The Morgan fingerprint density at radius 1 is 1.00 bits per heavy atom. The molecule has 0 aliphatic heterocycles. The van der Waals surface area contributed by atoms with E-state index in [0.29, 0.717) is 17.2 Å². The molecule has 1 heterocycles. The number of carbonyl (C=O) groups is 1. The first kappa shape index (κ1) is 19.0. The number of aryl methyl sites for hydroxylation is 1. The van der Waals surface area contributed by atoms with Crippen LogP contribution in [0.1, 0.15) is 15.9 Å². The molecule has 2 aromatic carbocycles. The molecule has 0 aliphatic rings. The maximum absolute atomic E-state index is 12.8. The van der Waals surface area contributed by atoms with Gasteiger partial charge in [-0.2, -0.15) is 0 Å². The van der Waals surface area contributed by atoms with E-state index in [2.05, 4.69) is 10.3 Å². The number of benzene rings is 2. The molecule has 3 aromatic rings. The number of ether oxygens (including phenoxy) is 2. The minimum absolute atomic E-state index is 0.199. The number of nitrogens with one attached hydrogen (secondary N) is 2. The summed E-state index contributed by atoms with van der Waals surface area (Å²) in [6.45, 7) is 1.93. The number of aromatic nitrogens is 2. The zero-order valence-electron chi connectivity index (χ0n) is 15.6. The Labute approximate surface area is 160 Å². The van der Waals surface area contributed by atoms with E-state index < -0.39 is 17.2 Å². The van der Waals surface area contributed by atoms with Crippen molar-refractivity contribution in [2.45, 2.75) is 6.92 Å². The third-order valence-electron chi connectivity index (χ3n) is 4.16. The Balaban J connectivity index is 2.03. The van der Waals surface area contributed by atoms with Crippen molar-refractivity contribution in [1.82, 2.24) is 9.55 Å². The van der Waals surface area contributed by atoms with Crippen molar-refractivity contribution in [3.05, 3.63) is 80.6 Å².